The third kappa shape index (κ3) is 1.95. The van der Waals surface area contributed by atoms with Gasteiger partial charge in [0.1, 0.15) is 5.41 Å². The van der Waals surface area contributed by atoms with Crippen LogP contribution in [0.15, 0.2) is 54.6 Å². The zero-order chi connectivity index (χ0) is 13.2. The molecule has 3 N–H and O–H groups in total. The Kier molecular flexibility index (Phi) is 3.06. The van der Waals surface area contributed by atoms with Crippen LogP contribution >= 0.6 is 0 Å². The maximum absolute atomic E-state index is 11.7. The molecule has 2 aromatic carbocycles. The highest BCUT2D eigenvalue weighted by molar-refractivity contribution is 5.85. The quantitative estimate of drug-likeness (QED) is 0.812. The van der Waals surface area contributed by atoms with Crippen molar-refractivity contribution in [3.05, 3.63) is 65.7 Å². The van der Waals surface area contributed by atoms with Crippen molar-refractivity contribution in [2.75, 3.05) is 5.73 Å². The number of carboxylic acids is 1. The number of hydrogen-bond acceptors (Lipinski definition) is 2. The van der Waals surface area contributed by atoms with E-state index in [4.69, 9.17) is 5.73 Å². The van der Waals surface area contributed by atoms with Crippen molar-refractivity contribution in [2.45, 2.75) is 12.3 Å². The van der Waals surface area contributed by atoms with Gasteiger partial charge in [-0.15, -0.1) is 0 Å². The van der Waals surface area contributed by atoms with Gasteiger partial charge in [-0.2, -0.15) is 0 Å². The van der Waals surface area contributed by atoms with Crippen molar-refractivity contribution in [3.8, 4) is 0 Å². The first-order valence-electron chi connectivity index (χ1n) is 5.70. The van der Waals surface area contributed by atoms with E-state index in [2.05, 4.69) is 0 Å². The van der Waals surface area contributed by atoms with Gasteiger partial charge in [0.15, 0.2) is 0 Å². The number of benzene rings is 2. The Bertz CT molecular complexity index is 548. The summed E-state index contributed by atoms with van der Waals surface area (Å²) in [4.78, 5) is 11.7. The number of nitrogens with two attached hydrogens (primary N) is 1. The molecule has 0 bridgehead atoms. The minimum absolute atomic E-state index is 0.625. The Morgan fingerprint density at radius 2 is 1.50 bits per heavy atom. The van der Waals surface area contributed by atoms with Crippen molar-refractivity contribution >= 4 is 11.7 Å². The summed E-state index contributed by atoms with van der Waals surface area (Å²) in [5.74, 6) is -0.876. The van der Waals surface area contributed by atoms with Crippen LogP contribution < -0.4 is 5.73 Å². The molecule has 0 amide bonds. The van der Waals surface area contributed by atoms with Crippen LogP contribution in [0, 0.1) is 0 Å². The second-order valence-corrected chi connectivity index (χ2v) is 4.42. The van der Waals surface area contributed by atoms with Crippen molar-refractivity contribution in [1.82, 2.24) is 0 Å². The molecule has 0 saturated carbocycles. The van der Waals surface area contributed by atoms with Gasteiger partial charge in [0.25, 0.3) is 0 Å². The third-order valence-corrected chi connectivity index (χ3v) is 3.27. The number of carbonyl (C=O) groups is 1. The number of aliphatic carboxylic acids is 1. The van der Waals surface area contributed by atoms with Gasteiger partial charge in [-0.25, -0.2) is 0 Å². The molecule has 2 aromatic rings. The fourth-order valence-electron chi connectivity index (χ4n) is 2.00. The molecular weight excluding hydrogens is 226 g/mol. The molecule has 92 valence electrons. The largest absolute Gasteiger partial charge is 0.480 e. The van der Waals surface area contributed by atoms with Crippen LogP contribution in [0.5, 0.6) is 0 Å². The van der Waals surface area contributed by atoms with Crippen molar-refractivity contribution in [2.24, 2.45) is 0 Å². The first-order chi connectivity index (χ1) is 8.55. The molecule has 3 nitrogen and oxygen atoms in total. The van der Waals surface area contributed by atoms with E-state index in [1.165, 1.54) is 0 Å². The molecule has 1 unspecified atom stereocenters. The summed E-state index contributed by atoms with van der Waals surface area (Å²) in [7, 11) is 0. The summed E-state index contributed by atoms with van der Waals surface area (Å²) in [5.41, 5.74) is 6.67. The molecule has 1 atom stereocenters. The van der Waals surface area contributed by atoms with Crippen LogP contribution in [0.3, 0.4) is 0 Å². The lowest BCUT2D eigenvalue weighted by molar-refractivity contribution is -0.141. The monoisotopic (exact) mass is 241 g/mol. The van der Waals surface area contributed by atoms with Gasteiger partial charge in [-0.05, 0) is 30.2 Å². The zero-order valence-electron chi connectivity index (χ0n) is 10.1. The van der Waals surface area contributed by atoms with Gasteiger partial charge >= 0.3 is 5.97 Å². The maximum Gasteiger partial charge on any atom is 0.318 e. The molecule has 0 aliphatic carbocycles. The molecule has 0 fully saturated rings. The predicted molar refractivity (Wildman–Crippen MR) is 71.4 cm³/mol. The number of hydrogen-bond donors (Lipinski definition) is 2. The molecule has 18 heavy (non-hydrogen) atoms. The SMILES string of the molecule is CC(C(=O)O)(c1ccccc1)c1ccc(N)cc1. The molecule has 3 heteroatoms. The van der Waals surface area contributed by atoms with Gasteiger partial charge in [-0.3, -0.25) is 4.79 Å². The highest BCUT2D eigenvalue weighted by Crippen LogP contribution is 2.32. The molecule has 0 spiro atoms. The average molecular weight is 241 g/mol. The second kappa shape index (κ2) is 4.53. The Balaban J connectivity index is 2.58. The van der Waals surface area contributed by atoms with Gasteiger partial charge in [0, 0.05) is 5.69 Å². The normalized spacial score (nSPS) is 13.8. The summed E-state index contributed by atoms with van der Waals surface area (Å²) in [6, 6.07) is 16.2. The van der Waals surface area contributed by atoms with E-state index in [0.717, 1.165) is 11.1 Å². The lowest BCUT2D eigenvalue weighted by atomic mass is 9.76. The molecular formula is C15H15NO2. The molecule has 0 aliphatic heterocycles. The Hall–Kier alpha value is -2.29. The fraction of sp³-hybridized carbons (Fsp3) is 0.133. The molecule has 2 rings (SSSR count). The van der Waals surface area contributed by atoms with Crippen molar-refractivity contribution < 1.29 is 9.90 Å². The van der Waals surface area contributed by atoms with E-state index >= 15 is 0 Å². The average Bonchev–Trinajstić information content (AvgIpc) is 2.39. The number of rotatable bonds is 3. The highest BCUT2D eigenvalue weighted by atomic mass is 16.4. The minimum atomic E-state index is -1.06. The van der Waals surface area contributed by atoms with E-state index in [1.54, 1.807) is 31.2 Å². The Morgan fingerprint density at radius 3 is 2.00 bits per heavy atom. The number of carboxylic acid groups (broad SMARTS) is 1. The van der Waals surface area contributed by atoms with Crippen molar-refractivity contribution in [3.63, 3.8) is 0 Å². The summed E-state index contributed by atoms with van der Waals surface area (Å²) in [6.45, 7) is 1.70. The van der Waals surface area contributed by atoms with Gasteiger partial charge in [-0.1, -0.05) is 42.5 Å². The van der Waals surface area contributed by atoms with Gasteiger partial charge in [0.05, 0.1) is 0 Å². The summed E-state index contributed by atoms with van der Waals surface area (Å²) >= 11 is 0. The number of anilines is 1. The van der Waals surface area contributed by atoms with E-state index in [9.17, 15) is 9.90 Å². The third-order valence-electron chi connectivity index (χ3n) is 3.27. The zero-order valence-corrected chi connectivity index (χ0v) is 10.1. The molecule has 0 saturated heterocycles. The first-order valence-corrected chi connectivity index (χ1v) is 5.70. The van der Waals surface area contributed by atoms with Crippen LogP contribution in [-0.4, -0.2) is 11.1 Å². The van der Waals surface area contributed by atoms with Gasteiger partial charge < -0.3 is 10.8 Å². The smallest absolute Gasteiger partial charge is 0.318 e. The number of nitrogen functional groups attached to an aromatic ring is 1. The lowest BCUT2D eigenvalue weighted by Crippen LogP contribution is -2.33. The molecule has 0 aliphatic rings. The molecule has 0 radical (unpaired) electrons. The van der Waals surface area contributed by atoms with Crippen LogP contribution in [0.4, 0.5) is 5.69 Å². The van der Waals surface area contributed by atoms with E-state index in [1.807, 2.05) is 30.3 Å². The van der Waals surface area contributed by atoms with Crippen LogP contribution in [-0.2, 0) is 10.2 Å². The molecule has 0 heterocycles. The van der Waals surface area contributed by atoms with Crippen LogP contribution in [0.25, 0.3) is 0 Å². The van der Waals surface area contributed by atoms with E-state index < -0.39 is 11.4 Å². The maximum atomic E-state index is 11.7. The summed E-state index contributed by atoms with van der Waals surface area (Å²) < 4.78 is 0. The lowest BCUT2D eigenvalue weighted by Gasteiger charge is -2.26. The second-order valence-electron chi connectivity index (χ2n) is 4.42. The Morgan fingerprint density at radius 1 is 1.00 bits per heavy atom. The predicted octanol–water partition coefficient (Wildman–Crippen LogP) is 2.66. The van der Waals surface area contributed by atoms with Crippen molar-refractivity contribution in [1.29, 1.82) is 0 Å². The first kappa shape index (κ1) is 12.2. The standard InChI is InChI=1S/C15H15NO2/c1-15(14(17)18,11-5-3-2-4-6-11)12-7-9-13(16)10-8-12/h2-10H,16H2,1H3,(H,17,18). The topological polar surface area (TPSA) is 63.3 Å². The minimum Gasteiger partial charge on any atom is -0.480 e. The van der Waals surface area contributed by atoms with Crippen LogP contribution in [0.2, 0.25) is 0 Å². The fourth-order valence-corrected chi connectivity index (χ4v) is 2.00. The van der Waals surface area contributed by atoms with Gasteiger partial charge in [0.2, 0.25) is 0 Å². The summed E-state index contributed by atoms with van der Waals surface area (Å²) in [6.07, 6.45) is 0. The Labute approximate surface area is 106 Å². The van der Waals surface area contributed by atoms with E-state index in [0.29, 0.717) is 5.69 Å². The summed E-state index contributed by atoms with van der Waals surface area (Å²) in [5, 5.41) is 9.58. The van der Waals surface area contributed by atoms with Crippen LogP contribution in [0.1, 0.15) is 18.1 Å². The van der Waals surface area contributed by atoms with E-state index in [-0.39, 0.29) is 0 Å². The highest BCUT2D eigenvalue weighted by Gasteiger charge is 2.36. The molecule has 0 aromatic heterocycles.